The monoisotopic (exact) mass is 229 g/mol. The molecule has 0 radical (unpaired) electrons. The summed E-state index contributed by atoms with van der Waals surface area (Å²) in [5.41, 5.74) is 5.24. The summed E-state index contributed by atoms with van der Waals surface area (Å²) >= 11 is 0. The summed E-state index contributed by atoms with van der Waals surface area (Å²) in [5.74, 6) is -0.726. The number of morpholine rings is 1. The van der Waals surface area contributed by atoms with E-state index < -0.39 is 11.9 Å². The molecule has 0 aromatic heterocycles. The highest BCUT2D eigenvalue weighted by molar-refractivity contribution is 5.87. The molecule has 2 unspecified atom stereocenters. The van der Waals surface area contributed by atoms with Crippen LogP contribution in [-0.2, 0) is 14.3 Å². The minimum atomic E-state index is -0.624. The molecule has 0 aliphatic carbocycles. The van der Waals surface area contributed by atoms with Crippen molar-refractivity contribution in [2.45, 2.75) is 13.0 Å². The molecule has 6 heteroatoms. The van der Waals surface area contributed by atoms with E-state index in [1.807, 2.05) is 6.92 Å². The summed E-state index contributed by atoms with van der Waals surface area (Å²) in [5, 5.41) is 2.94. The highest BCUT2D eigenvalue weighted by atomic mass is 16.5. The van der Waals surface area contributed by atoms with Crippen LogP contribution in [0.3, 0.4) is 0 Å². The van der Waals surface area contributed by atoms with Crippen LogP contribution in [0.2, 0.25) is 0 Å². The molecule has 1 saturated heterocycles. The first-order chi connectivity index (χ1) is 7.57. The molecule has 6 nitrogen and oxygen atoms in total. The lowest BCUT2D eigenvalue weighted by Gasteiger charge is -2.35. The Hall–Kier alpha value is -1.14. The van der Waals surface area contributed by atoms with Gasteiger partial charge in [-0.1, -0.05) is 6.92 Å². The molecule has 1 heterocycles. The number of nitrogens with one attached hydrogen (secondary N) is 1. The first-order valence-corrected chi connectivity index (χ1v) is 5.40. The van der Waals surface area contributed by atoms with Crippen molar-refractivity contribution in [1.29, 1.82) is 0 Å². The van der Waals surface area contributed by atoms with Gasteiger partial charge >= 0.3 is 0 Å². The number of nitrogens with two attached hydrogens (primary N) is 1. The molecule has 0 bridgehead atoms. The van der Waals surface area contributed by atoms with E-state index in [2.05, 4.69) is 5.32 Å². The second-order valence-electron chi connectivity index (χ2n) is 3.98. The van der Waals surface area contributed by atoms with Gasteiger partial charge < -0.3 is 20.7 Å². The van der Waals surface area contributed by atoms with Crippen LogP contribution >= 0.6 is 0 Å². The van der Waals surface area contributed by atoms with E-state index in [0.29, 0.717) is 19.7 Å². The van der Waals surface area contributed by atoms with Gasteiger partial charge in [0.05, 0.1) is 13.2 Å². The lowest BCUT2D eigenvalue weighted by atomic mass is 10.1. The molecular weight excluding hydrogens is 210 g/mol. The lowest BCUT2D eigenvalue weighted by Crippen LogP contribution is -2.56. The Morgan fingerprint density at radius 2 is 2.31 bits per heavy atom. The Bertz CT molecular complexity index is 270. The van der Waals surface area contributed by atoms with Crippen molar-refractivity contribution in [1.82, 2.24) is 10.2 Å². The number of hydrogen-bond donors (Lipinski definition) is 2. The SMILES string of the molecule is CNCC(C)C(=O)N1CCOCC1C(N)=O. The van der Waals surface area contributed by atoms with Gasteiger partial charge in [-0.3, -0.25) is 9.59 Å². The molecule has 2 amide bonds. The molecule has 92 valence electrons. The Balaban J connectivity index is 2.67. The van der Waals surface area contributed by atoms with Crippen molar-refractivity contribution in [2.75, 3.05) is 33.4 Å². The highest BCUT2D eigenvalue weighted by Gasteiger charge is 2.33. The highest BCUT2D eigenvalue weighted by Crippen LogP contribution is 2.11. The molecule has 0 spiro atoms. The second-order valence-corrected chi connectivity index (χ2v) is 3.98. The van der Waals surface area contributed by atoms with Crippen LogP contribution in [-0.4, -0.2) is 56.1 Å². The van der Waals surface area contributed by atoms with E-state index in [0.717, 1.165) is 0 Å². The first-order valence-electron chi connectivity index (χ1n) is 5.40. The number of primary amides is 1. The number of rotatable bonds is 4. The maximum absolute atomic E-state index is 12.0. The Morgan fingerprint density at radius 3 is 2.88 bits per heavy atom. The summed E-state index contributed by atoms with van der Waals surface area (Å²) in [6.07, 6.45) is 0. The van der Waals surface area contributed by atoms with Crippen molar-refractivity contribution < 1.29 is 14.3 Å². The molecule has 1 aliphatic heterocycles. The maximum atomic E-state index is 12.0. The van der Waals surface area contributed by atoms with Crippen LogP contribution in [0.4, 0.5) is 0 Å². The van der Waals surface area contributed by atoms with Crippen molar-refractivity contribution in [3.63, 3.8) is 0 Å². The van der Waals surface area contributed by atoms with E-state index in [1.165, 1.54) is 4.90 Å². The summed E-state index contributed by atoms with van der Waals surface area (Å²) < 4.78 is 5.15. The van der Waals surface area contributed by atoms with E-state index in [4.69, 9.17) is 10.5 Å². The first kappa shape index (κ1) is 12.9. The Morgan fingerprint density at radius 1 is 1.62 bits per heavy atom. The molecule has 0 aromatic rings. The normalized spacial score (nSPS) is 22.9. The van der Waals surface area contributed by atoms with Crippen LogP contribution in [0.1, 0.15) is 6.92 Å². The molecule has 1 rings (SSSR count). The number of carbonyl (C=O) groups excluding carboxylic acids is 2. The van der Waals surface area contributed by atoms with Crippen LogP contribution < -0.4 is 11.1 Å². The van der Waals surface area contributed by atoms with E-state index in [1.54, 1.807) is 7.05 Å². The van der Waals surface area contributed by atoms with Gasteiger partial charge in [-0.05, 0) is 7.05 Å². The second kappa shape index (κ2) is 5.81. The quantitative estimate of drug-likeness (QED) is 0.618. The Labute approximate surface area is 95.1 Å². The molecule has 0 saturated carbocycles. The van der Waals surface area contributed by atoms with Gasteiger partial charge in [-0.25, -0.2) is 0 Å². The van der Waals surface area contributed by atoms with E-state index in [9.17, 15) is 9.59 Å². The summed E-state index contributed by atoms with van der Waals surface area (Å²) in [6, 6.07) is -0.624. The number of amides is 2. The Kier molecular flexibility index (Phi) is 4.70. The van der Waals surface area contributed by atoms with Crippen LogP contribution in [0.5, 0.6) is 0 Å². The van der Waals surface area contributed by atoms with Gasteiger partial charge in [0.25, 0.3) is 0 Å². The van der Waals surface area contributed by atoms with Gasteiger partial charge in [0.2, 0.25) is 11.8 Å². The third kappa shape index (κ3) is 2.93. The molecule has 16 heavy (non-hydrogen) atoms. The predicted octanol–water partition coefficient (Wildman–Crippen LogP) is -1.45. The zero-order valence-electron chi connectivity index (χ0n) is 9.73. The molecule has 2 atom stereocenters. The average Bonchev–Trinajstić information content (AvgIpc) is 2.28. The zero-order chi connectivity index (χ0) is 12.1. The van der Waals surface area contributed by atoms with Crippen LogP contribution in [0, 0.1) is 5.92 Å². The minimum Gasteiger partial charge on any atom is -0.377 e. The van der Waals surface area contributed by atoms with Gasteiger partial charge in [-0.15, -0.1) is 0 Å². The van der Waals surface area contributed by atoms with E-state index >= 15 is 0 Å². The summed E-state index contributed by atoms with van der Waals surface area (Å²) in [6.45, 7) is 3.50. The standard InChI is InChI=1S/C10H19N3O3/c1-7(5-12-2)10(15)13-3-4-16-6-8(13)9(11)14/h7-8,12H,3-6H2,1-2H3,(H2,11,14). The van der Waals surface area contributed by atoms with Crippen molar-refractivity contribution in [3.8, 4) is 0 Å². The molecule has 3 N–H and O–H groups in total. The minimum absolute atomic E-state index is 0.0542. The maximum Gasteiger partial charge on any atom is 0.242 e. The number of carbonyl (C=O) groups is 2. The average molecular weight is 229 g/mol. The van der Waals surface area contributed by atoms with Gasteiger partial charge in [0.15, 0.2) is 0 Å². The third-order valence-corrected chi connectivity index (χ3v) is 2.67. The van der Waals surface area contributed by atoms with Crippen LogP contribution in [0.25, 0.3) is 0 Å². The molecule has 1 aliphatic rings. The van der Waals surface area contributed by atoms with Gasteiger partial charge in [0.1, 0.15) is 6.04 Å². The predicted molar refractivity (Wildman–Crippen MR) is 58.6 cm³/mol. The fraction of sp³-hybridized carbons (Fsp3) is 0.800. The van der Waals surface area contributed by atoms with E-state index in [-0.39, 0.29) is 18.4 Å². The van der Waals surface area contributed by atoms with Crippen molar-refractivity contribution in [3.05, 3.63) is 0 Å². The lowest BCUT2D eigenvalue weighted by molar-refractivity contribution is -0.149. The smallest absolute Gasteiger partial charge is 0.242 e. The van der Waals surface area contributed by atoms with Crippen LogP contribution in [0.15, 0.2) is 0 Å². The largest absolute Gasteiger partial charge is 0.377 e. The van der Waals surface area contributed by atoms with Gasteiger partial charge in [0, 0.05) is 19.0 Å². The molecular formula is C10H19N3O3. The summed E-state index contributed by atoms with van der Waals surface area (Å²) in [4.78, 5) is 24.7. The number of nitrogens with zero attached hydrogens (tertiary/aromatic N) is 1. The molecule has 0 aromatic carbocycles. The van der Waals surface area contributed by atoms with Crippen molar-refractivity contribution >= 4 is 11.8 Å². The topological polar surface area (TPSA) is 84.7 Å². The fourth-order valence-corrected chi connectivity index (χ4v) is 1.78. The van der Waals surface area contributed by atoms with Gasteiger partial charge in [-0.2, -0.15) is 0 Å². The molecule has 1 fully saturated rings. The third-order valence-electron chi connectivity index (χ3n) is 2.67. The zero-order valence-corrected chi connectivity index (χ0v) is 9.73. The fourth-order valence-electron chi connectivity index (χ4n) is 1.78. The van der Waals surface area contributed by atoms with Crippen molar-refractivity contribution in [2.24, 2.45) is 11.7 Å². The number of ether oxygens (including phenoxy) is 1. The summed E-state index contributed by atoms with van der Waals surface area (Å²) in [7, 11) is 1.79. The number of hydrogen-bond acceptors (Lipinski definition) is 4.